The summed E-state index contributed by atoms with van der Waals surface area (Å²) in [5.74, 6) is 0.372. The molecule has 0 spiro atoms. The van der Waals surface area contributed by atoms with E-state index in [1.807, 2.05) is 30.3 Å². The van der Waals surface area contributed by atoms with Crippen LogP contribution in [0.3, 0.4) is 0 Å². The highest BCUT2D eigenvalue weighted by molar-refractivity contribution is 6.32. The Morgan fingerprint density at radius 1 is 1.10 bits per heavy atom. The average Bonchev–Trinajstić information content (AvgIpc) is 2.48. The lowest BCUT2D eigenvalue weighted by Crippen LogP contribution is -2.01. The normalized spacial score (nSPS) is 10.4. The van der Waals surface area contributed by atoms with Crippen LogP contribution in [-0.4, -0.2) is 21.2 Å². The molecule has 0 radical (unpaired) electrons. The molecule has 0 aliphatic carbocycles. The van der Waals surface area contributed by atoms with Crippen molar-refractivity contribution >= 4 is 40.3 Å². The molecule has 3 aromatic rings. The fourth-order valence-corrected chi connectivity index (χ4v) is 2.10. The molecule has 20 heavy (non-hydrogen) atoms. The topological polar surface area (TPSA) is 67.8 Å². The van der Waals surface area contributed by atoms with Gasteiger partial charge in [0.05, 0.1) is 11.1 Å². The summed E-state index contributed by atoms with van der Waals surface area (Å²) >= 11 is 5.88. The molecule has 0 fully saturated rings. The van der Waals surface area contributed by atoms with Crippen molar-refractivity contribution in [1.82, 2.24) is 15.0 Å². The van der Waals surface area contributed by atoms with Crippen LogP contribution in [0, 0.1) is 0 Å². The number of pyridine rings is 1. The van der Waals surface area contributed by atoms with E-state index in [-0.39, 0.29) is 10.7 Å². The summed E-state index contributed by atoms with van der Waals surface area (Å²) in [5.41, 5.74) is 1.88. The summed E-state index contributed by atoms with van der Waals surface area (Å²) in [6.45, 7) is 0. The van der Waals surface area contributed by atoms with Crippen LogP contribution in [0.2, 0.25) is 5.15 Å². The molecule has 6 heteroatoms. The Labute approximate surface area is 119 Å². The van der Waals surface area contributed by atoms with Crippen molar-refractivity contribution in [2.45, 2.75) is 0 Å². The van der Waals surface area contributed by atoms with Crippen LogP contribution in [0.5, 0.6) is 0 Å². The Bertz CT molecular complexity index is 786. The maximum Gasteiger partial charge on any atom is 0.156 e. The van der Waals surface area contributed by atoms with Gasteiger partial charge in [0.2, 0.25) is 0 Å². The van der Waals surface area contributed by atoms with E-state index in [0.29, 0.717) is 12.1 Å². The standard InChI is InChI=1S/C14H9ClN4O/c15-13-10(7-20)14(18-8-17-13)19-12-5-1-4-11-9(12)3-2-6-16-11/h1-8H,(H,17,18,19). The number of aromatic nitrogens is 3. The minimum Gasteiger partial charge on any atom is -0.339 e. The molecule has 98 valence electrons. The third-order valence-electron chi connectivity index (χ3n) is 2.85. The second-order valence-electron chi connectivity index (χ2n) is 4.05. The van der Waals surface area contributed by atoms with Gasteiger partial charge in [0.1, 0.15) is 17.3 Å². The van der Waals surface area contributed by atoms with Crippen LogP contribution in [0.25, 0.3) is 10.9 Å². The first-order valence-electron chi connectivity index (χ1n) is 5.86. The monoisotopic (exact) mass is 284 g/mol. The zero-order valence-electron chi connectivity index (χ0n) is 10.2. The molecule has 5 nitrogen and oxygen atoms in total. The number of fused-ring (bicyclic) bond motifs is 1. The number of halogens is 1. The van der Waals surface area contributed by atoms with Crippen LogP contribution in [0.15, 0.2) is 42.9 Å². The predicted molar refractivity (Wildman–Crippen MR) is 77.5 cm³/mol. The van der Waals surface area contributed by atoms with Gasteiger partial charge in [-0.05, 0) is 24.3 Å². The molecular formula is C14H9ClN4O. The van der Waals surface area contributed by atoms with Gasteiger partial charge < -0.3 is 5.32 Å². The Morgan fingerprint density at radius 3 is 2.85 bits per heavy atom. The lowest BCUT2D eigenvalue weighted by molar-refractivity contribution is 0.112. The van der Waals surface area contributed by atoms with Crippen LogP contribution in [0.4, 0.5) is 11.5 Å². The van der Waals surface area contributed by atoms with Gasteiger partial charge in [-0.15, -0.1) is 0 Å². The number of hydrogen-bond acceptors (Lipinski definition) is 5. The smallest absolute Gasteiger partial charge is 0.156 e. The molecule has 1 aromatic carbocycles. The first-order chi connectivity index (χ1) is 9.79. The number of nitrogens with one attached hydrogen (secondary N) is 1. The van der Waals surface area contributed by atoms with E-state index in [0.717, 1.165) is 16.6 Å². The maximum atomic E-state index is 11.1. The second kappa shape index (κ2) is 5.22. The highest BCUT2D eigenvalue weighted by atomic mass is 35.5. The Kier molecular flexibility index (Phi) is 3.26. The quantitative estimate of drug-likeness (QED) is 0.591. The molecular weight excluding hydrogens is 276 g/mol. The largest absolute Gasteiger partial charge is 0.339 e. The van der Waals surface area contributed by atoms with E-state index in [1.165, 1.54) is 6.33 Å². The van der Waals surface area contributed by atoms with Crippen molar-refractivity contribution in [3.05, 3.63) is 53.6 Å². The van der Waals surface area contributed by atoms with E-state index in [2.05, 4.69) is 20.3 Å². The SMILES string of the molecule is O=Cc1c(Cl)ncnc1Nc1cccc2ncccc12. The summed E-state index contributed by atoms with van der Waals surface area (Å²) < 4.78 is 0. The first-order valence-corrected chi connectivity index (χ1v) is 6.24. The van der Waals surface area contributed by atoms with Crippen molar-refractivity contribution in [2.75, 3.05) is 5.32 Å². The first kappa shape index (κ1) is 12.5. The number of aldehydes is 1. The lowest BCUT2D eigenvalue weighted by Gasteiger charge is -2.10. The van der Waals surface area contributed by atoms with Crippen LogP contribution in [-0.2, 0) is 0 Å². The van der Waals surface area contributed by atoms with Crippen LogP contribution < -0.4 is 5.32 Å². The third kappa shape index (κ3) is 2.19. The minimum atomic E-state index is 0.121. The maximum absolute atomic E-state index is 11.1. The zero-order chi connectivity index (χ0) is 13.9. The summed E-state index contributed by atoms with van der Waals surface area (Å²) in [7, 11) is 0. The lowest BCUT2D eigenvalue weighted by atomic mass is 10.2. The highest BCUT2D eigenvalue weighted by Gasteiger charge is 2.10. The van der Waals surface area contributed by atoms with Gasteiger partial charge in [-0.25, -0.2) is 9.97 Å². The predicted octanol–water partition coefficient (Wildman–Crippen LogP) is 3.23. The van der Waals surface area contributed by atoms with Crippen molar-refractivity contribution < 1.29 is 4.79 Å². The van der Waals surface area contributed by atoms with Crippen LogP contribution >= 0.6 is 11.6 Å². The summed E-state index contributed by atoms with van der Waals surface area (Å²) in [4.78, 5) is 23.2. The number of anilines is 2. The van der Waals surface area contributed by atoms with Crippen LogP contribution in [0.1, 0.15) is 10.4 Å². The second-order valence-corrected chi connectivity index (χ2v) is 4.40. The van der Waals surface area contributed by atoms with Crippen molar-refractivity contribution in [2.24, 2.45) is 0 Å². The van der Waals surface area contributed by atoms with Crippen molar-refractivity contribution in [3.8, 4) is 0 Å². The van der Waals surface area contributed by atoms with Gasteiger partial charge in [0.25, 0.3) is 0 Å². The molecule has 0 aliphatic rings. The van der Waals surface area contributed by atoms with Gasteiger partial charge in [0.15, 0.2) is 6.29 Å². The summed E-state index contributed by atoms with van der Waals surface area (Å²) in [5, 5.41) is 4.15. The summed E-state index contributed by atoms with van der Waals surface area (Å²) in [6, 6.07) is 9.46. The van der Waals surface area contributed by atoms with E-state index in [9.17, 15) is 4.79 Å². The highest BCUT2D eigenvalue weighted by Crippen LogP contribution is 2.26. The molecule has 0 saturated carbocycles. The molecule has 3 rings (SSSR count). The van der Waals surface area contributed by atoms with Gasteiger partial charge in [0, 0.05) is 17.3 Å². The Balaban J connectivity index is 2.10. The molecule has 2 heterocycles. The fraction of sp³-hybridized carbons (Fsp3) is 0. The number of benzene rings is 1. The van der Waals surface area contributed by atoms with Gasteiger partial charge in [-0.3, -0.25) is 9.78 Å². The van der Waals surface area contributed by atoms with Crippen molar-refractivity contribution in [1.29, 1.82) is 0 Å². The van der Waals surface area contributed by atoms with E-state index < -0.39 is 0 Å². The number of carbonyl (C=O) groups is 1. The minimum absolute atomic E-state index is 0.121. The molecule has 0 bridgehead atoms. The molecule has 0 amide bonds. The summed E-state index contributed by atoms with van der Waals surface area (Å²) in [6.07, 6.45) is 3.67. The van der Waals surface area contributed by atoms with Crippen molar-refractivity contribution in [3.63, 3.8) is 0 Å². The van der Waals surface area contributed by atoms with E-state index in [4.69, 9.17) is 11.6 Å². The number of nitrogens with zero attached hydrogens (tertiary/aromatic N) is 3. The zero-order valence-corrected chi connectivity index (χ0v) is 11.0. The Hall–Kier alpha value is -2.53. The Morgan fingerprint density at radius 2 is 2.00 bits per heavy atom. The van der Waals surface area contributed by atoms with Gasteiger partial charge >= 0.3 is 0 Å². The van der Waals surface area contributed by atoms with Gasteiger partial charge in [-0.1, -0.05) is 17.7 Å². The molecule has 0 atom stereocenters. The number of hydrogen-bond donors (Lipinski definition) is 1. The van der Waals surface area contributed by atoms with Gasteiger partial charge in [-0.2, -0.15) is 0 Å². The van der Waals surface area contributed by atoms with E-state index in [1.54, 1.807) is 6.20 Å². The molecule has 2 aromatic heterocycles. The third-order valence-corrected chi connectivity index (χ3v) is 3.15. The molecule has 0 unspecified atom stereocenters. The average molecular weight is 285 g/mol. The number of rotatable bonds is 3. The molecule has 0 saturated heterocycles. The molecule has 0 aliphatic heterocycles. The fourth-order valence-electron chi connectivity index (χ4n) is 1.92. The number of carbonyl (C=O) groups excluding carboxylic acids is 1. The van der Waals surface area contributed by atoms with E-state index >= 15 is 0 Å². The molecule has 1 N–H and O–H groups in total.